The summed E-state index contributed by atoms with van der Waals surface area (Å²) in [4.78, 5) is 4.83. The lowest BCUT2D eigenvalue weighted by molar-refractivity contribution is 0.568. The fourth-order valence-corrected chi connectivity index (χ4v) is 3.08. The summed E-state index contributed by atoms with van der Waals surface area (Å²) in [5.41, 5.74) is 6.43. The third kappa shape index (κ3) is 2.56. The Morgan fingerprint density at radius 2 is 1.92 bits per heavy atom. The van der Waals surface area contributed by atoms with Gasteiger partial charge in [0.25, 0.3) is 0 Å². The summed E-state index contributed by atoms with van der Waals surface area (Å²) in [6.45, 7) is 4.94. The smallest absolute Gasteiger partial charge is 0.139 e. The van der Waals surface area contributed by atoms with Crippen LogP contribution in [-0.2, 0) is 6.54 Å². The first-order chi connectivity index (χ1) is 11.7. The molecule has 0 saturated carbocycles. The molecule has 1 aromatic carbocycles. The Hall–Kier alpha value is -3.01. The first kappa shape index (κ1) is 14.6. The molecule has 4 nitrogen and oxygen atoms in total. The first-order valence-electron chi connectivity index (χ1n) is 8.02. The molecule has 24 heavy (non-hydrogen) atoms. The van der Waals surface area contributed by atoms with Crippen molar-refractivity contribution < 1.29 is 4.42 Å². The van der Waals surface area contributed by atoms with Crippen LogP contribution >= 0.6 is 0 Å². The van der Waals surface area contributed by atoms with Crippen molar-refractivity contribution in [2.75, 3.05) is 5.32 Å². The van der Waals surface area contributed by atoms with E-state index in [1.165, 1.54) is 11.1 Å². The number of rotatable bonds is 4. The number of benzene rings is 1. The van der Waals surface area contributed by atoms with Gasteiger partial charge >= 0.3 is 0 Å². The Balaban J connectivity index is 1.83. The van der Waals surface area contributed by atoms with Gasteiger partial charge in [-0.3, -0.25) is 4.40 Å². The van der Waals surface area contributed by atoms with Crippen molar-refractivity contribution >= 4 is 11.5 Å². The number of fused-ring (bicyclic) bond motifs is 1. The number of hydrogen-bond donors (Lipinski definition) is 1. The van der Waals surface area contributed by atoms with E-state index >= 15 is 0 Å². The highest BCUT2D eigenvalue weighted by molar-refractivity contribution is 5.76. The summed E-state index contributed by atoms with van der Waals surface area (Å²) in [6.07, 6.45) is 3.41. The fraction of sp³-hybridized carbons (Fsp3) is 0.150. The molecule has 0 radical (unpaired) electrons. The fourth-order valence-electron chi connectivity index (χ4n) is 3.08. The highest BCUT2D eigenvalue weighted by Crippen LogP contribution is 2.31. The van der Waals surface area contributed by atoms with E-state index in [0.29, 0.717) is 0 Å². The lowest BCUT2D eigenvalue weighted by Crippen LogP contribution is -2.05. The minimum Gasteiger partial charge on any atom is -0.472 e. The molecule has 0 saturated heterocycles. The lowest BCUT2D eigenvalue weighted by atomic mass is 10.2. The molecule has 0 atom stereocenters. The van der Waals surface area contributed by atoms with E-state index in [2.05, 4.69) is 60.0 Å². The van der Waals surface area contributed by atoms with Gasteiger partial charge in [0.1, 0.15) is 17.2 Å². The summed E-state index contributed by atoms with van der Waals surface area (Å²) in [5, 5.41) is 3.56. The summed E-state index contributed by atoms with van der Waals surface area (Å²) >= 11 is 0. The van der Waals surface area contributed by atoms with Gasteiger partial charge in [0, 0.05) is 17.8 Å². The van der Waals surface area contributed by atoms with Crippen molar-refractivity contribution in [3.8, 4) is 11.3 Å². The first-order valence-corrected chi connectivity index (χ1v) is 8.02. The lowest BCUT2D eigenvalue weighted by Gasteiger charge is -2.10. The predicted molar refractivity (Wildman–Crippen MR) is 96.1 cm³/mol. The third-order valence-electron chi connectivity index (χ3n) is 4.15. The summed E-state index contributed by atoms with van der Waals surface area (Å²) in [7, 11) is 0. The highest BCUT2D eigenvalue weighted by atomic mass is 16.3. The average Bonchev–Trinajstić information content (AvgIpc) is 3.21. The molecule has 0 bridgehead atoms. The van der Waals surface area contributed by atoms with E-state index < -0.39 is 0 Å². The zero-order valence-electron chi connectivity index (χ0n) is 13.8. The number of nitrogens with zero attached hydrogens (tertiary/aromatic N) is 2. The molecule has 4 rings (SSSR count). The van der Waals surface area contributed by atoms with Crippen LogP contribution in [0.15, 0.2) is 65.5 Å². The second-order valence-electron chi connectivity index (χ2n) is 6.03. The number of furan rings is 1. The Morgan fingerprint density at radius 3 is 2.67 bits per heavy atom. The molecule has 0 spiro atoms. The van der Waals surface area contributed by atoms with Crippen molar-refractivity contribution in [3.05, 3.63) is 77.9 Å². The maximum Gasteiger partial charge on any atom is 0.139 e. The van der Waals surface area contributed by atoms with Crippen molar-refractivity contribution in [3.63, 3.8) is 0 Å². The number of aryl methyl sites for hydroxylation is 2. The van der Waals surface area contributed by atoms with Crippen LogP contribution in [0.25, 0.3) is 16.9 Å². The van der Waals surface area contributed by atoms with Crippen molar-refractivity contribution in [1.82, 2.24) is 9.38 Å². The molecule has 0 amide bonds. The summed E-state index contributed by atoms with van der Waals surface area (Å²) in [5.74, 6) is 0.993. The molecule has 0 aliphatic heterocycles. The van der Waals surface area contributed by atoms with Crippen molar-refractivity contribution in [2.45, 2.75) is 20.4 Å². The van der Waals surface area contributed by atoms with Crippen LogP contribution in [0.1, 0.15) is 16.8 Å². The quantitative estimate of drug-likeness (QED) is 0.586. The predicted octanol–water partition coefficient (Wildman–Crippen LogP) is 4.82. The van der Waals surface area contributed by atoms with Crippen LogP contribution in [0, 0.1) is 13.8 Å². The molecule has 0 fully saturated rings. The number of pyridine rings is 1. The minimum absolute atomic E-state index is 0.743. The van der Waals surface area contributed by atoms with Crippen LogP contribution in [0.2, 0.25) is 0 Å². The standard InChI is InChI=1S/C20H19N3O/c1-14-10-15(2)23-18(11-14)22-19(17-8-9-24-13-17)20(23)21-12-16-6-4-3-5-7-16/h3-11,13,21H,12H2,1-2H3. The van der Waals surface area contributed by atoms with Crippen LogP contribution < -0.4 is 5.32 Å². The molecule has 4 aromatic rings. The molecule has 0 unspecified atom stereocenters. The van der Waals surface area contributed by atoms with E-state index in [1.54, 1.807) is 12.5 Å². The van der Waals surface area contributed by atoms with Gasteiger partial charge in [-0.1, -0.05) is 30.3 Å². The number of hydrogen-bond acceptors (Lipinski definition) is 3. The van der Waals surface area contributed by atoms with E-state index in [-0.39, 0.29) is 0 Å². The Bertz CT molecular complexity index is 969. The monoisotopic (exact) mass is 317 g/mol. The summed E-state index contributed by atoms with van der Waals surface area (Å²) in [6, 6.07) is 16.6. The molecule has 3 aromatic heterocycles. The second kappa shape index (κ2) is 5.89. The third-order valence-corrected chi connectivity index (χ3v) is 4.15. The zero-order valence-corrected chi connectivity index (χ0v) is 13.8. The molecular weight excluding hydrogens is 298 g/mol. The van der Waals surface area contributed by atoms with E-state index in [1.807, 2.05) is 12.1 Å². The molecule has 1 N–H and O–H groups in total. The van der Waals surface area contributed by atoms with Crippen LogP contribution in [-0.4, -0.2) is 9.38 Å². The normalized spacial score (nSPS) is 11.1. The minimum atomic E-state index is 0.743. The molecule has 0 aliphatic rings. The van der Waals surface area contributed by atoms with Crippen LogP contribution in [0.3, 0.4) is 0 Å². The number of aromatic nitrogens is 2. The van der Waals surface area contributed by atoms with Gasteiger partial charge in [0.05, 0.1) is 12.5 Å². The van der Waals surface area contributed by atoms with E-state index in [9.17, 15) is 0 Å². The largest absolute Gasteiger partial charge is 0.472 e. The molecule has 120 valence electrons. The Labute approximate surface area is 140 Å². The van der Waals surface area contributed by atoms with Crippen LogP contribution in [0.5, 0.6) is 0 Å². The maximum absolute atomic E-state index is 5.26. The number of anilines is 1. The maximum atomic E-state index is 5.26. The number of imidazole rings is 1. The number of nitrogens with one attached hydrogen (secondary N) is 1. The Kier molecular flexibility index (Phi) is 3.58. The highest BCUT2D eigenvalue weighted by Gasteiger charge is 2.16. The van der Waals surface area contributed by atoms with Crippen LogP contribution in [0.4, 0.5) is 5.82 Å². The van der Waals surface area contributed by atoms with Gasteiger partial charge in [0.2, 0.25) is 0 Å². The molecule has 3 heterocycles. The average molecular weight is 317 g/mol. The van der Waals surface area contributed by atoms with Gasteiger partial charge in [-0.15, -0.1) is 0 Å². The zero-order chi connectivity index (χ0) is 16.5. The van der Waals surface area contributed by atoms with E-state index in [4.69, 9.17) is 9.40 Å². The van der Waals surface area contributed by atoms with Gasteiger partial charge in [0.15, 0.2) is 0 Å². The van der Waals surface area contributed by atoms with E-state index in [0.717, 1.165) is 35.0 Å². The van der Waals surface area contributed by atoms with Gasteiger partial charge < -0.3 is 9.73 Å². The second-order valence-corrected chi connectivity index (χ2v) is 6.03. The van der Waals surface area contributed by atoms with Gasteiger partial charge in [-0.05, 0) is 43.2 Å². The molecule has 4 heteroatoms. The summed E-state index contributed by atoms with van der Waals surface area (Å²) < 4.78 is 7.42. The SMILES string of the molecule is Cc1cc(C)n2c(NCc3ccccc3)c(-c3ccoc3)nc2c1. The topological polar surface area (TPSA) is 42.5 Å². The van der Waals surface area contributed by atoms with Crippen molar-refractivity contribution in [1.29, 1.82) is 0 Å². The molecule has 0 aliphatic carbocycles. The molecular formula is C20H19N3O. The van der Waals surface area contributed by atoms with Gasteiger partial charge in [-0.2, -0.15) is 0 Å². The van der Waals surface area contributed by atoms with Gasteiger partial charge in [-0.25, -0.2) is 4.98 Å². The van der Waals surface area contributed by atoms with Crippen molar-refractivity contribution in [2.24, 2.45) is 0 Å². The Morgan fingerprint density at radius 1 is 1.08 bits per heavy atom.